The first-order valence-corrected chi connectivity index (χ1v) is 8.66. The molecule has 2 aromatic rings. The molecule has 0 saturated carbocycles. The number of amides is 1. The minimum atomic E-state index is -0.513. The molecule has 0 spiro atoms. The van der Waals surface area contributed by atoms with Crippen LogP contribution in [0.25, 0.3) is 0 Å². The summed E-state index contributed by atoms with van der Waals surface area (Å²) in [6, 6.07) is 8.35. The van der Waals surface area contributed by atoms with E-state index in [9.17, 15) is 9.59 Å². The molecule has 0 aliphatic rings. The lowest BCUT2D eigenvalue weighted by Gasteiger charge is -2.22. The Labute approximate surface area is 153 Å². The van der Waals surface area contributed by atoms with E-state index in [1.807, 2.05) is 0 Å². The minimum Gasteiger partial charge on any atom is -0.465 e. The van der Waals surface area contributed by atoms with Crippen LogP contribution in [0.4, 0.5) is 11.5 Å². The molecule has 1 N–H and O–H groups in total. The van der Waals surface area contributed by atoms with Gasteiger partial charge in [0.15, 0.2) is 0 Å². The van der Waals surface area contributed by atoms with Gasteiger partial charge in [-0.25, -0.2) is 14.8 Å². The van der Waals surface area contributed by atoms with Gasteiger partial charge in [0.05, 0.1) is 18.4 Å². The highest BCUT2D eigenvalue weighted by Crippen LogP contribution is 2.18. The number of esters is 1. The van der Waals surface area contributed by atoms with Gasteiger partial charge in [0.1, 0.15) is 17.8 Å². The van der Waals surface area contributed by atoms with E-state index in [-0.39, 0.29) is 11.3 Å². The quantitative estimate of drug-likeness (QED) is 0.732. The zero-order chi connectivity index (χ0) is 18.9. The molecule has 1 heterocycles. The van der Waals surface area contributed by atoms with Gasteiger partial charge in [0.25, 0.3) is 5.91 Å². The van der Waals surface area contributed by atoms with Crippen LogP contribution in [0.1, 0.15) is 47.5 Å². The van der Waals surface area contributed by atoms with E-state index in [1.54, 1.807) is 30.3 Å². The van der Waals surface area contributed by atoms with Gasteiger partial charge in [-0.3, -0.25) is 4.79 Å². The number of ether oxygens (including phenoxy) is 1. The van der Waals surface area contributed by atoms with Crippen LogP contribution in [0.5, 0.6) is 0 Å². The highest BCUT2D eigenvalue weighted by Gasteiger charge is 2.16. The van der Waals surface area contributed by atoms with Crippen molar-refractivity contribution in [2.75, 3.05) is 30.4 Å². The summed E-state index contributed by atoms with van der Waals surface area (Å²) in [5, 5.41) is 2.72. The van der Waals surface area contributed by atoms with Crippen LogP contribution in [-0.2, 0) is 4.74 Å². The van der Waals surface area contributed by atoms with Crippen molar-refractivity contribution in [2.45, 2.75) is 26.7 Å². The fraction of sp³-hybridized carbons (Fsp3) is 0.368. The summed E-state index contributed by atoms with van der Waals surface area (Å²) in [5.74, 6) is -0.200. The molecule has 0 aliphatic carbocycles. The van der Waals surface area contributed by atoms with Crippen LogP contribution < -0.4 is 10.2 Å². The van der Waals surface area contributed by atoms with Crippen LogP contribution >= 0.6 is 0 Å². The number of aromatic nitrogens is 2. The largest absolute Gasteiger partial charge is 0.465 e. The Morgan fingerprint density at radius 2 is 1.81 bits per heavy atom. The standard InChI is InChI=1S/C19H24N4O3/c1-4-10-23(11-5-2)17-12-16(20-13-21-17)18(24)22-15-9-7-6-8-14(15)19(25)26-3/h6-9,12-13H,4-5,10-11H2,1-3H3,(H,22,24). The predicted octanol–water partition coefficient (Wildman–Crippen LogP) is 3.14. The molecule has 7 nitrogen and oxygen atoms in total. The molecule has 0 saturated heterocycles. The van der Waals surface area contributed by atoms with Crippen LogP contribution in [0, 0.1) is 0 Å². The number of carbonyl (C=O) groups excluding carboxylic acids is 2. The molecule has 1 aromatic carbocycles. The Hall–Kier alpha value is -2.96. The van der Waals surface area contributed by atoms with Gasteiger partial charge in [-0.05, 0) is 25.0 Å². The number of nitrogens with zero attached hydrogens (tertiary/aromatic N) is 3. The molecule has 26 heavy (non-hydrogen) atoms. The number of nitrogens with one attached hydrogen (secondary N) is 1. The zero-order valence-electron chi connectivity index (χ0n) is 15.4. The molecule has 0 atom stereocenters. The second kappa shape index (κ2) is 9.50. The normalized spacial score (nSPS) is 10.3. The van der Waals surface area contributed by atoms with Gasteiger partial charge < -0.3 is 15.0 Å². The zero-order valence-corrected chi connectivity index (χ0v) is 15.4. The van der Waals surface area contributed by atoms with Crippen molar-refractivity contribution in [3.63, 3.8) is 0 Å². The fourth-order valence-electron chi connectivity index (χ4n) is 2.59. The number of rotatable bonds is 8. The van der Waals surface area contributed by atoms with Crippen LogP contribution in [0.3, 0.4) is 0 Å². The highest BCUT2D eigenvalue weighted by molar-refractivity contribution is 6.07. The van der Waals surface area contributed by atoms with Crippen molar-refractivity contribution >= 4 is 23.4 Å². The van der Waals surface area contributed by atoms with E-state index in [2.05, 4.69) is 34.0 Å². The third-order valence-electron chi connectivity index (χ3n) is 3.78. The van der Waals surface area contributed by atoms with E-state index in [0.29, 0.717) is 5.69 Å². The van der Waals surface area contributed by atoms with Gasteiger partial charge >= 0.3 is 5.97 Å². The van der Waals surface area contributed by atoms with Crippen molar-refractivity contribution in [1.29, 1.82) is 0 Å². The van der Waals surface area contributed by atoms with Gasteiger partial charge in [0.2, 0.25) is 0 Å². The summed E-state index contributed by atoms with van der Waals surface area (Å²) in [5.41, 5.74) is 0.909. The summed E-state index contributed by atoms with van der Waals surface area (Å²) in [6.07, 6.45) is 3.35. The Kier molecular flexibility index (Phi) is 7.08. The van der Waals surface area contributed by atoms with E-state index in [4.69, 9.17) is 4.74 Å². The topological polar surface area (TPSA) is 84.4 Å². The SMILES string of the molecule is CCCN(CCC)c1cc(C(=O)Nc2ccccc2C(=O)OC)ncn1. The van der Waals surface area contributed by atoms with Gasteiger partial charge in [-0.15, -0.1) is 0 Å². The number of hydrogen-bond donors (Lipinski definition) is 1. The molecule has 138 valence electrons. The third-order valence-corrected chi connectivity index (χ3v) is 3.78. The smallest absolute Gasteiger partial charge is 0.339 e. The molecular formula is C19H24N4O3. The summed E-state index contributed by atoms with van der Waals surface area (Å²) in [7, 11) is 1.30. The molecule has 7 heteroatoms. The lowest BCUT2D eigenvalue weighted by Crippen LogP contribution is -2.26. The van der Waals surface area contributed by atoms with E-state index in [1.165, 1.54) is 13.4 Å². The Balaban J connectivity index is 2.23. The molecule has 1 amide bonds. The lowest BCUT2D eigenvalue weighted by molar-refractivity contribution is 0.0602. The fourth-order valence-corrected chi connectivity index (χ4v) is 2.59. The van der Waals surface area contributed by atoms with Crippen LogP contribution in [-0.4, -0.2) is 42.0 Å². The van der Waals surface area contributed by atoms with Crippen molar-refractivity contribution in [2.24, 2.45) is 0 Å². The van der Waals surface area contributed by atoms with Gasteiger partial charge in [0, 0.05) is 19.2 Å². The van der Waals surface area contributed by atoms with Gasteiger partial charge in [-0.1, -0.05) is 26.0 Å². The molecule has 0 aliphatic heterocycles. The molecule has 0 bridgehead atoms. The van der Waals surface area contributed by atoms with Crippen LogP contribution in [0.2, 0.25) is 0 Å². The maximum Gasteiger partial charge on any atom is 0.339 e. The van der Waals surface area contributed by atoms with Crippen molar-refractivity contribution in [3.05, 3.63) is 47.9 Å². The van der Waals surface area contributed by atoms with E-state index >= 15 is 0 Å². The minimum absolute atomic E-state index is 0.242. The third kappa shape index (κ3) is 4.78. The Morgan fingerprint density at radius 3 is 2.46 bits per heavy atom. The molecule has 2 rings (SSSR count). The van der Waals surface area contributed by atoms with Crippen LogP contribution in [0.15, 0.2) is 36.7 Å². The number of para-hydroxylation sites is 1. The average molecular weight is 356 g/mol. The van der Waals surface area contributed by atoms with Crippen molar-refractivity contribution < 1.29 is 14.3 Å². The summed E-state index contributed by atoms with van der Waals surface area (Å²) in [4.78, 5) is 34.9. The molecular weight excluding hydrogens is 332 g/mol. The second-order valence-corrected chi connectivity index (χ2v) is 5.74. The van der Waals surface area contributed by atoms with Gasteiger partial charge in [-0.2, -0.15) is 0 Å². The first kappa shape index (κ1) is 19.4. The summed E-state index contributed by atoms with van der Waals surface area (Å²) < 4.78 is 4.75. The summed E-state index contributed by atoms with van der Waals surface area (Å²) >= 11 is 0. The molecule has 0 unspecified atom stereocenters. The maximum atomic E-state index is 12.6. The maximum absolute atomic E-state index is 12.6. The number of carbonyl (C=O) groups is 2. The van der Waals surface area contributed by atoms with E-state index in [0.717, 1.165) is 31.7 Å². The molecule has 0 fully saturated rings. The predicted molar refractivity (Wildman–Crippen MR) is 101 cm³/mol. The highest BCUT2D eigenvalue weighted by atomic mass is 16.5. The average Bonchev–Trinajstić information content (AvgIpc) is 2.67. The number of anilines is 2. The lowest BCUT2D eigenvalue weighted by atomic mass is 10.1. The molecule has 1 aromatic heterocycles. The molecule has 0 radical (unpaired) electrons. The van der Waals surface area contributed by atoms with Crippen molar-refractivity contribution in [3.8, 4) is 0 Å². The number of benzene rings is 1. The summed E-state index contributed by atoms with van der Waals surface area (Å²) in [6.45, 7) is 5.91. The monoisotopic (exact) mass is 356 g/mol. The number of hydrogen-bond acceptors (Lipinski definition) is 6. The Morgan fingerprint density at radius 1 is 1.12 bits per heavy atom. The number of methoxy groups -OCH3 is 1. The van der Waals surface area contributed by atoms with E-state index < -0.39 is 11.9 Å². The van der Waals surface area contributed by atoms with Crippen molar-refractivity contribution in [1.82, 2.24) is 9.97 Å². The second-order valence-electron chi connectivity index (χ2n) is 5.74. The Bertz CT molecular complexity index is 758. The first-order valence-electron chi connectivity index (χ1n) is 8.66. The first-order chi connectivity index (χ1) is 12.6.